The van der Waals surface area contributed by atoms with Gasteiger partial charge in [-0.2, -0.15) is 0 Å². The van der Waals surface area contributed by atoms with Crippen LogP contribution in [0, 0.1) is 6.92 Å². The second-order valence-electron chi connectivity index (χ2n) is 6.16. The van der Waals surface area contributed by atoms with Gasteiger partial charge in [-0.25, -0.2) is 0 Å². The Hall–Kier alpha value is -1.06. The first-order valence-electron chi connectivity index (χ1n) is 8.14. The number of fused-ring (bicyclic) bond motifs is 2. The summed E-state index contributed by atoms with van der Waals surface area (Å²) in [6, 6.07) is 0. The third-order valence-electron chi connectivity index (χ3n) is 4.24. The summed E-state index contributed by atoms with van der Waals surface area (Å²) < 4.78 is 0. The van der Waals surface area contributed by atoms with Crippen LogP contribution in [0.3, 0.4) is 0 Å². The van der Waals surface area contributed by atoms with Gasteiger partial charge in [-0.15, -0.1) is 11.6 Å². The van der Waals surface area contributed by atoms with E-state index in [9.17, 15) is 0 Å². The van der Waals surface area contributed by atoms with Gasteiger partial charge in [0.25, 0.3) is 0 Å². The summed E-state index contributed by atoms with van der Waals surface area (Å²) >= 11 is 5.50. The van der Waals surface area contributed by atoms with Gasteiger partial charge in [0, 0.05) is 11.4 Å². The second-order valence-corrected chi connectivity index (χ2v) is 7.03. The maximum Gasteiger partial charge on any atom is 0.0879 e. The molecular weight excluding hydrogens is 294 g/mol. The molecule has 0 spiro atoms. The first-order chi connectivity index (χ1) is 10.3. The number of nitrogens with zero attached hydrogens (tertiary/aromatic N) is 1. The summed E-state index contributed by atoms with van der Waals surface area (Å²) in [4.78, 5) is 4.31. The molecule has 1 unspecified atom stereocenters. The first-order valence-corrected chi connectivity index (χ1v) is 8.52. The third kappa shape index (κ3) is 5.29. The zero-order valence-corrected chi connectivity index (χ0v) is 15.0. The molecule has 0 bridgehead atoms. The highest BCUT2D eigenvalue weighted by Gasteiger charge is 2.22. The van der Waals surface area contributed by atoms with Crippen molar-refractivity contribution in [2.75, 3.05) is 0 Å². The minimum absolute atomic E-state index is 0.486. The van der Waals surface area contributed by atoms with E-state index in [0.29, 0.717) is 0 Å². The zero-order chi connectivity index (χ0) is 16.8. The van der Waals surface area contributed by atoms with Gasteiger partial charge in [0.05, 0.1) is 5.00 Å². The molecule has 4 N–H and O–H groups in total. The second kappa shape index (κ2) is 8.54. The molecule has 3 nitrogen and oxygen atoms in total. The Morgan fingerprint density at radius 3 is 1.86 bits per heavy atom. The highest BCUT2D eigenvalue weighted by Crippen LogP contribution is 2.31. The van der Waals surface area contributed by atoms with Crippen LogP contribution in [0.2, 0.25) is 0 Å². The van der Waals surface area contributed by atoms with Crippen molar-refractivity contribution >= 4 is 11.6 Å². The predicted molar refractivity (Wildman–Crippen MR) is 96.1 cm³/mol. The van der Waals surface area contributed by atoms with E-state index in [-0.39, 0.29) is 0 Å². The highest BCUT2D eigenvalue weighted by atomic mass is 35.5. The number of alkyl halides is 1. The molecule has 1 aromatic rings. The van der Waals surface area contributed by atoms with Crippen molar-refractivity contribution in [2.45, 2.75) is 70.7 Å². The van der Waals surface area contributed by atoms with E-state index in [4.69, 9.17) is 22.3 Å². The van der Waals surface area contributed by atoms with Crippen molar-refractivity contribution in [2.24, 2.45) is 11.5 Å². The Morgan fingerprint density at radius 1 is 1.18 bits per heavy atom. The molecule has 3 rings (SSSR count). The predicted octanol–water partition coefficient (Wildman–Crippen LogP) is 3.77. The Balaban J connectivity index is 0.000000229. The fourth-order valence-corrected chi connectivity index (χ4v) is 2.86. The average Bonchev–Trinajstić information content (AvgIpc) is 3.08. The fraction of sp³-hybridized carbons (Fsp3) is 0.611. The van der Waals surface area contributed by atoms with Crippen LogP contribution in [-0.2, 0) is 25.7 Å². The van der Waals surface area contributed by atoms with Crippen molar-refractivity contribution in [3.8, 4) is 0 Å². The number of aryl methyl sites for hydroxylation is 2. The molecule has 1 atom stereocenters. The number of nitrogens with two attached hydrogens (primary N) is 2. The van der Waals surface area contributed by atoms with Gasteiger partial charge in [-0.3, -0.25) is 4.98 Å². The van der Waals surface area contributed by atoms with E-state index >= 15 is 0 Å². The average molecular weight is 324 g/mol. The summed E-state index contributed by atoms with van der Waals surface area (Å²) in [5.41, 5.74) is 17.5. The summed E-state index contributed by atoms with van der Waals surface area (Å²) in [6.07, 6.45) is 9.72. The molecule has 22 heavy (non-hydrogen) atoms. The molecule has 2 aliphatic rings. The molecule has 0 radical (unpaired) electrons. The summed E-state index contributed by atoms with van der Waals surface area (Å²) in [5.74, 6) is 0. The molecular formula is C18H30ClN3. The maximum atomic E-state index is 5.50. The number of pyridine rings is 1. The SMILES string of the molecule is C=CN.CCC(C)(N)Cl.Cc1c2c(nc3c1CCC3)CCC2. The lowest BCUT2D eigenvalue weighted by Crippen LogP contribution is -2.26. The van der Waals surface area contributed by atoms with Crippen molar-refractivity contribution in [3.05, 3.63) is 40.9 Å². The van der Waals surface area contributed by atoms with Gasteiger partial charge in [-0.1, -0.05) is 13.5 Å². The Morgan fingerprint density at radius 2 is 1.55 bits per heavy atom. The number of aromatic nitrogens is 1. The minimum atomic E-state index is -0.486. The number of hydrogen-bond acceptors (Lipinski definition) is 3. The Kier molecular flexibility index (Phi) is 7.37. The fourth-order valence-electron chi connectivity index (χ4n) is 2.86. The van der Waals surface area contributed by atoms with Crippen molar-refractivity contribution in [1.29, 1.82) is 0 Å². The lowest BCUT2D eigenvalue weighted by Gasteiger charge is -2.09. The smallest absolute Gasteiger partial charge is 0.0879 e. The van der Waals surface area contributed by atoms with E-state index in [0.717, 1.165) is 6.42 Å². The van der Waals surface area contributed by atoms with Gasteiger partial charge in [0.2, 0.25) is 0 Å². The van der Waals surface area contributed by atoms with Gasteiger partial charge in [-0.05, 0) is 81.7 Å². The van der Waals surface area contributed by atoms with Crippen LogP contribution in [0.5, 0.6) is 0 Å². The Bertz CT molecular complexity index is 472. The largest absolute Gasteiger partial charge is 0.405 e. The quantitative estimate of drug-likeness (QED) is 0.611. The van der Waals surface area contributed by atoms with E-state index in [2.05, 4.69) is 19.2 Å². The van der Waals surface area contributed by atoms with Crippen LogP contribution >= 0.6 is 11.6 Å². The molecule has 0 saturated heterocycles. The van der Waals surface area contributed by atoms with Crippen LogP contribution in [0.15, 0.2) is 12.8 Å². The van der Waals surface area contributed by atoms with E-state index in [1.807, 2.05) is 6.92 Å². The lowest BCUT2D eigenvalue weighted by molar-refractivity contribution is 0.638. The van der Waals surface area contributed by atoms with Crippen LogP contribution in [0.1, 0.15) is 61.2 Å². The zero-order valence-electron chi connectivity index (χ0n) is 14.2. The van der Waals surface area contributed by atoms with E-state index in [1.54, 1.807) is 23.6 Å². The van der Waals surface area contributed by atoms with Crippen molar-refractivity contribution in [3.63, 3.8) is 0 Å². The normalized spacial score (nSPS) is 17.1. The molecule has 1 heterocycles. The molecule has 124 valence electrons. The maximum absolute atomic E-state index is 5.50. The Labute approximate surface area is 140 Å². The topological polar surface area (TPSA) is 64.9 Å². The molecule has 0 amide bonds. The van der Waals surface area contributed by atoms with Gasteiger partial charge in [0.1, 0.15) is 0 Å². The van der Waals surface area contributed by atoms with Crippen molar-refractivity contribution in [1.82, 2.24) is 4.98 Å². The first kappa shape index (κ1) is 19.0. The van der Waals surface area contributed by atoms with Gasteiger partial charge < -0.3 is 11.5 Å². The standard InChI is InChI=1S/C12H15N.C4H10ClN.C2H5N/c1-8-9-4-2-6-11(9)13-12-7-3-5-10(8)12;1-3-4(2,5)6;1-2-3/h2-7H2,1H3;3,6H2,1-2H3;2H,1,3H2. The molecule has 0 fully saturated rings. The minimum Gasteiger partial charge on any atom is -0.405 e. The van der Waals surface area contributed by atoms with Crippen LogP contribution < -0.4 is 11.5 Å². The van der Waals surface area contributed by atoms with E-state index in [1.165, 1.54) is 56.1 Å². The summed E-state index contributed by atoms with van der Waals surface area (Å²) in [5, 5.41) is 0. The molecule has 2 aliphatic carbocycles. The summed E-state index contributed by atoms with van der Waals surface area (Å²) in [6.45, 7) is 9.18. The lowest BCUT2D eigenvalue weighted by atomic mass is 10.0. The molecule has 0 aliphatic heterocycles. The molecule has 0 aromatic carbocycles. The van der Waals surface area contributed by atoms with E-state index < -0.39 is 5.00 Å². The van der Waals surface area contributed by atoms with Gasteiger partial charge >= 0.3 is 0 Å². The van der Waals surface area contributed by atoms with Crippen LogP contribution in [-0.4, -0.2) is 9.98 Å². The summed E-state index contributed by atoms with van der Waals surface area (Å²) in [7, 11) is 0. The molecule has 1 aromatic heterocycles. The van der Waals surface area contributed by atoms with Crippen LogP contribution in [0.25, 0.3) is 0 Å². The van der Waals surface area contributed by atoms with Crippen LogP contribution in [0.4, 0.5) is 0 Å². The third-order valence-corrected chi connectivity index (χ3v) is 4.51. The van der Waals surface area contributed by atoms with Gasteiger partial charge in [0.15, 0.2) is 0 Å². The van der Waals surface area contributed by atoms with Crippen molar-refractivity contribution < 1.29 is 0 Å². The number of halogens is 1. The number of rotatable bonds is 1. The monoisotopic (exact) mass is 323 g/mol. The molecule has 0 saturated carbocycles. The number of hydrogen-bond donors (Lipinski definition) is 2. The molecule has 4 heteroatoms. The highest BCUT2D eigenvalue weighted by molar-refractivity contribution is 6.23.